The molecule has 2 aliphatic rings. The monoisotopic (exact) mass is 305 g/mol. The summed E-state index contributed by atoms with van der Waals surface area (Å²) < 4.78 is 0. The lowest BCUT2D eigenvalue weighted by atomic mass is 10.1. The van der Waals surface area contributed by atoms with E-state index in [9.17, 15) is 9.59 Å². The molecule has 2 heterocycles. The minimum absolute atomic E-state index is 0.122. The van der Waals surface area contributed by atoms with Crippen LogP contribution in [0.1, 0.15) is 65.6 Å². The van der Waals surface area contributed by atoms with Crippen LogP contribution in [-0.2, 0) is 17.6 Å². The van der Waals surface area contributed by atoms with Gasteiger partial charge in [-0.2, -0.15) is 0 Å². The third-order valence-corrected chi connectivity index (χ3v) is 5.84. The number of thiophene rings is 1. The Morgan fingerprint density at radius 2 is 2.05 bits per heavy atom. The summed E-state index contributed by atoms with van der Waals surface area (Å²) >= 11 is 1.69. The number of nitrogens with zero attached hydrogens (tertiary/aromatic N) is 1. The van der Waals surface area contributed by atoms with Gasteiger partial charge in [-0.25, -0.2) is 0 Å². The van der Waals surface area contributed by atoms with Gasteiger partial charge in [-0.15, -0.1) is 11.3 Å². The molecule has 0 aromatic carbocycles. The Hall–Kier alpha value is -1.16. The zero-order chi connectivity index (χ0) is 14.8. The molecule has 1 unspecified atom stereocenters. The fourth-order valence-corrected chi connectivity index (χ4v) is 4.77. The first-order valence-corrected chi connectivity index (χ1v) is 8.89. The third-order valence-electron chi connectivity index (χ3n) is 4.62. The van der Waals surface area contributed by atoms with Crippen molar-refractivity contribution in [1.82, 2.24) is 4.90 Å². The molecule has 0 bridgehead atoms. The number of fused-ring (bicyclic) bond motifs is 1. The second-order valence-corrected chi connectivity index (χ2v) is 7.46. The molecule has 1 atom stereocenters. The Balaban J connectivity index is 1.77. The van der Waals surface area contributed by atoms with Crippen LogP contribution in [0.5, 0.6) is 0 Å². The maximum atomic E-state index is 12.8. The van der Waals surface area contributed by atoms with Gasteiger partial charge in [0.05, 0.1) is 4.88 Å². The standard InChI is InChI=1S/C17H23NO2S/c1-12(19)10-14-7-5-9-18(14)17(20)16-11-13-6-3-2-4-8-15(13)21-16/h11,14H,2-10H2,1H3. The lowest BCUT2D eigenvalue weighted by Gasteiger charge is -2.23. The molecule has 114 valence electrons. The highest BCUT2D eigenvalue weighted by atomic mass is 32.1. The van der Waals surface area contributed by atoms with Gasteiger partial charge in [-0.05, 0) is 57.1 Å². The van der Waals surface area contributed by atoms with Crippen LogP contribution < -0.4 is 0 Å². The van der Waals surface area contributed by atoms with Crippen molar-refractivity contribution < 1.29 is 9.59 Å². The summed E-state index contributed by atoms with van der Waals surface area (Å²) in [5, 5.41) is 0. The molecular formula is C17H23NO2S. The fourth-order valence-electron chi connectivity index (χ4n) is 3.56. The summed E-state index contributed by atoms with van der Waals surface area (Å²) in [6, 6.07) is 2.24. The van der Waals surface area contributed by atoms with E-state index in [1.807, 2.05) is 4.90 Å². The van der Waals surface area contributed by atoms with Gasteiger partial charge in [0, 0.05) is 23.9 Å². The lowest BCUT2D eigenvalue weighted by molar-refractivity contribution is -0.117. The SMILES string of the molecule is CC(=O)CC1CCCN1C(=O)c1cc2c(s1)CCCCC2. The number of hydrogen-bond acceptors (Lipinski definition) is 3. The number of amides is 1. The number of likely N-dealkylation sites (tertiary alicyclic amines) is 1. The first kappa shape index (κ1) is 14.8. The molecule has 3 rings (SSSR count). The number of hydrogen-bond donors (Lipinski definition) is 0. The summed E-state index contributed by atoms with van der Waals surface area (Å²) in [5.41, 5.74) is 1.39. The van der Waals surface area contributed by atoms with E-state index < -0.39 is 0 Å². The van der Waals surface area contributed by atoms with E-state index in [0.717, 1.165) is 37.1 Å². The number of aryl methyl sites for hydroxylation is 2. The third kappa shape index (κ3) is 3.20. The number of carbonyl (C=O) groups is 2. The molecule has 0 radical (unpaired) electrons. The first-order chi connectivity index (χ1) is 10.1. The number of rotatable bonds is 3. The van der Waals surface area contributed by atoms with Gasteiger partial charge in [0.15, 0.2) is 0 Å². The van der Waals surface area contributed by atoms with Crippen molar-refractivity contribution in [3.63, 3.8) is 0 Å². The van der Waals surface area contributed by atoms with Crippen molar-refractivity contribution in [2.45, 2.75) is 64.3 Å². The van der Waals surface area contributed by atoms with Crippen LogP contribution in [0.2, 0.25) is 0 Å². The van der Waals surface area contributed by atoms with E-state index >= 15 is 0 Å². The predicted octanol–water partition coefficient (Wildman–Crippen LogP) is 3.60. The Morgan fingerprint density at radius 3 is 2.86 bits per heavy atom. The Labute approximate surface area is 130 Å². The van der Waals surface area contributed by atoms with Crippen molar-refractivity contribution in [2.75, 3.05) is 6.54 Å². The number of carbonyl (C=O) groups excluding carboxylic acids is 2. The highest BCUT2D eigenvalue weighted by Crippen LogP contribution is 2.31. The second kappa shape index (κ2) is 6.30. The topological polar surface area (TPSA) is 37.4 Å². The highest BCUT2D eigenvalue weighted by molar-refractivity contribution is 7.14. The zero-order valence-electron chi connectivity index (χ0n) is 12.7. The molecule has 0 N–H and O–H groups in total. The van der Waals surface area contributed by atoms with E-state index in [1.165, 1.54) is 29.7 Å². The van der Waals surface area contributed by atoms with E-state index in [4.69, 9.17) is 0 Å². The molecule has 1 fully saturated rings. The molecule has 1 amide bonds. The fraction of sp³-hybridized carbons (Fsp3) is 0.647. The molecule has 4 heteroatoms. The molecule has 0 spiro atoms. The smallest absolute Gasteiger partial charge is 0.264 e. The average molecular weight is 305 g/mol. The highest BCUT2D eigenvalue weighted by Gasteiger charge is 2.31. The van der Waals surface area contributed by atoms with E-state index in [1.54, 1.807) is 18.3 Å². The number of Topliss-reactive ketones (excluding diaryl/α,β-unsaturated/α-hetero) is 1. The van der Waals surface area contributed by atoms with Crippen LogP contribution >= 0.6 is 11.3 Å². The maximum Gasteiger partial charge on any atom is 0.264 e. The molecule has 21 heavy (non-hydrogen) atoms. The average Bonchev–Trinajstić information content (AvgIpc) is 3.00. The van der Waals surface area contributed by atoms with Crippen molar-refractivity contribution in [2.24, 2.45) is 0 Å². The summed E-state index contributed by atoms with van der Waals surface area (Å²) in [5.74, 6) is 0.332. The molecule has 1 aromatic heterocycles. The van der Waals surface area contributed by atoms with Gasteiger partial charge in [0.2, 0.25) is 0 Å². The molecule has 1 saturated heterocycles. The van der Waals surface area contributed by atoms with Gasteiger partial charge < -0.3 is 4.90 Å². The van der Waals surface area contributed by atoms with Gasteiger partial charge in [-0.1, -0.05) is 6.42 Å². The van der Waals surface area contributed by atoms with E-state index in [0.29, 0.717) is 6.42 Å². The van der Waals surface area contributed by atoms with Crippen molar-refractivity contribution in [1.29, 1.82) is 0 Å². The Kier molecular flexibility index (Phi) is 4.43. The molecule has 3 nitrogen and oxygen atoms in total. The molecule has 1 aliphatic heterocycles. The maximum absolute atomic E-state index is 12.8. The molecule has 1 aromatic rings. The van der Waals surface area contributed by atoms with E-state index in [2.05, 4.69) is 6.07 Å². The quantitative estimate of drug-likeness (QED) is 0.800. The summed E-state index contributed by atoms with van der Waals surface area (Å²) in [6.45, 7) is 2.42. The van der Waals surface area contributed by atoms with Gasteiger partial charge >= 0.3 is 0 Å². The van der Waals surface area contributed by atoms with Crippen molar-refractivity contribution >= 4 is 23.0 Å². The summed E-state index contributed by atoms with van der Waals surface area (Å²) in [4.78, 5) is 28.4. The second-order valence-electron chi connectivity index (χ2n) is 6.32. The zero-order valence-corrected chi connectivity index (χ0v) is 13.5. The first-order valence-electron chi connectivity index (χ1n) is 8.07. The molecule has 0 saturated carbocycles. The van der Waals surface area contributed by atoms with Crippen LogP contribution in [0.15, 0.2) is 6.07 Å². The van der Waals surface area contributed by atoms with Crippen LogP contribution in [0.25, 0.3) is 0 Å². The van der Waals surface area contributed by atoms with Gasteiger partial charge in [0.1, 0.15) is 5.78 Å². The minimum atomic E-state index is 0.122. The molecular weight excluding hydrogens is 282 g/mol. The van der Waals surface area contributed by atoms with Crippen molar-refractivity contribution in [3.8, 4) is 0 Å². The predicted molar refractivity (Wildman–Crippen MR) is 84.9 cm³/mol. The minimum Gasteiger partial charge on any atom is -0.335 e. The van der Waals surface area contributed by atoms with Crippen molar-refractivity contribution in [3.05, 3.63) is 21.4 Å². The normalized spacial score (nSPS) is 22.0. The summed E-state index contributed by atoms with van der Waals surface area (Å²) in [7, 11) is 0. The summed E-state index contributed by atoms with van der Waals surface area (Å²) in [6.07, 6.45) is 8.55. The van der Waals surface area contributed by atoms with Gasteiger partial charge in [-0.3, -0.25) is 9.59 Å². The number of ketones is 1. The largest absolute Gasteiger partial charge is 0.335 e. The van der Waals surface area contributed by atoms with Crippen LogP contribution in [0, 0.1) is 0 Å². The van der Waals surface area contributed by atoms with E-state index in [-0.39, 0.29) is 17.7 Å². The molecule has 1 aliphatic carbocycles. The van der Waals surface area contributed by atoms with Crippen LogP contribution in [-0.4, -0.2) is 29.2 Å². The van der Waals surface area contributed by atoms with Gasteiger partial charge in [0.25, 0.3) is 5.91 Å². The van der Waals surface area contributed by atoms with Crippen LogP contribution in [0.3, 0.4) is 0 Å². The lowest BCUT2D eigenvalue weighted by Crippen LogP contribution is -2.36. The Bertz CT molecular complexity index is 525. The van der Waals surface area contributed by atoms with Crippen LogP contribution in [0.4, 0.5) is 0 Å². The Morgan fingerprint density at radius 1 is 1.24 bits per heavy atom.